The number of aliphatic hydroxyl groups excluding tert-OH is 2. The van der Waals surface area contributed by atoms with Gasteiger partial charge in [-0.05, 0) is 83.0 Å². The van der Waals surface area contributed by atoms with Gasteiger partial charge in [-0.15, -0.1) is 0 Å². The van der Waals surface area contributed by atoms with Crippen molar-refractivity contribution in [3.63, 3.8) is 0 Å². The Morgan fingerprint density at radius 3 is 2.34 bits per heavy atom. The minimum Gasteiger partial charge on any atom is -0.495 e. The van der Waals surface area contributed by atoms with Crippen molar-refractivity contribution >= 4 is 32.3 Å². The van der Waals surface area contributed by atoms with E-state index < -0.39 is 36.0 Å². The average Bonchev–Trinajstić information content (AvgIpc) is 3.36. The molecule has 10 nitrogen and oxygen atoms in total. The van der Waals surface area contributed by atoms with Crippen molar-refractivity contribution in [2.75, 3.05) is 64.7 Å². The molecule has 0 aliphatic heterocycles. The summed E-state index contributed by atoms with van der Waals surface area (Å²) < 4.78 is 74.7. The van der Waals surface area contributed by atoms with Gasteiger partial charge in [-0.2, -0.15) is 17.5 Å². The normalized spacial score (nSPS) is 18.7. The standard InChI is InChI=1S/C33H44F3N5O5S/c1-32(39(2)3)14-12-24(13-15-32)38-28-8-5-9-30-27(28)21-25(41(30)23-33(34,35)36)7-6-16-37-29-11-10-26(22-31(29)46-4)47(44,45)40(17-19-42)18-20-43/h5,8-11,21-22,24,37-38,42-43H,12-20,23H2,1-4H3. The van der Waals surface area contributed by atoms with Crippen LogP contribution >= 0.6 is 0 Å². The first-order chi connectivity index (χ1) is 22.2. The van der Waals surface area contributed by atoms with Crippen molar-refractivity contribution in [3.8, 4) is 17.6 Å². The number of hydrogen-bond donors (Lipinski definition) is 4. The minimum absolute atomic E-state index is 0.0367. The van der Waals surface area contributed by atoms with Gasteiger partial charge in [-0.3, -0.25) is 0 Å². The second kappa shape index (κ2) is 15.2. The van der Waals surface area contributed by atoms with Gasteiger partial charge in [0.2, 0.25) is 10.0 Å². The number of sulfonamides is 1. The maximum absolute atomic E-state index is 13.7. The lowest BCUT2D eigenvalue weighted by Crippen LogP contribution is -2.46. The molecule has 0 unspecified atom stereocenters. The van der Waals surface area contributed by atoms with Crippen LogP contribution in [0.4, 0.5) is 24.5 Å². The number of alkyl halides is 3. The number of benzene rings is 2. The predicted octanol–water partition coefficient (Wildman–Crippen LogP) is 4.33. The smallest absolute Gasteiger partial charge is 0.406 e. The van der Waals surface area contributed by atoms with Gasteiger partial charge < -0.3 is 35.1 Å². The number of hydrogen-bond acceptors (Lipinski definition) is 8. The Morgan fingerprint density at radius 1 is 1.06 bits per heavy atom. The monoisotopic (exact) mass is 679 g/mol. The van der Waals surface area contributed by atoms with Crippen molar-refractivity contribution in [1.29, 1.82) is 0 Å². The number of rotatable bonds is 13. The van der Waals surface area contributed by atoms with Crippen LogP contribution in [0.3, 0.4) is 0 Å². The molecular formula is C33H44F3N5O5S. The van der Waals surface area contributed by atoms with Gasteiger partial charge in [0.05, 0.1) is 48.7 Å². The molecule has 1 heterocycles. The first-order valence-electron chi connectivity index (χ1n) is 15.5. The van der Waals surface area contributed by atoms with Crippen LogP contribution in [0.1, 0.15) is 38.3 Å². The number of halogens is 3. The maximum Gasteiger partial charge on any atom is 0.406 e. The molecule has 1 aromatic heterocycles. The Kier molecular flexibility index (Phi) is 11.7. The molecule has 0 amide bonds. The largest absolute Gasteiger partial charge is 0.495 e. The molecule has 0 radical (unpaired) electrons. The van der Waals surface area contributed by atoms with Gasteiger partial charge in [0.1, 0.15) is 12.3 Å². The molecule has 4 N–H and O–H groups in total. The molecule has 1 saturated carbocycles. The van der Waals surface area contributed by atoms with Gasteiger partial charge in [-0.25, -0.2) is 8.42 Å². The zero-order chi connectivity index (χ0) is 34.4. The van der Waals surface area contributed by atoms with E-state index in [1.165, 1.54) is 29.9 Å². The Labute approximate surface area is 274 Å². The second-order valence-corrected chi connectivity index (χ2v) is 14.1. The lowest BCUT2D eigenvalue weighted by atomic mass is 9.80. The van der Waals surface area contributed by atoms with Gasteiger partial charge in [-0.1, -0.05) is 12.0 Å². The SMILES string of the molecule is COc1cc(S(=O)(=O)N(CCO)CCO)ccc1NCC#Cc1cc2c(NC3CCC(C)(N(C)C)CC3)cccc2n1CC(F)(F)F. The molecule has 4 rings (SSSR count). The quantitative estimate of drug-likeness (QED) is 0.197. The van der Waals surface area contributed by atoms with E-state index in [-0.39, 0.29) is 47.6 Å². The lowest BCUT2D eigenvalue weighted by molar-refractivity contribution is -0.140. The Bertz CT molecular complexity index is 1680. The molecule has 0 atom stereocenters. The number of aromatic nitrogens is 1. The van der Waals surface area contributed by atoms with Crippen LogP contribution in [-0.4, -0.2) is 104 Å². The van der Waals surface area contributed by atoms with Crippen LogP contribution in [0.5, 0.6) is 5.75 Å². The summed E-state index contributed by atoms with van der Waals surface area (Å²) in [6.07, 6.45) is -0.522. The van der Waals surface area contributed by atoms with Crippen molar-refractivity contribution in [1.82, 2.24) is 13.8 Å². The van der Waals surface area contributed by atoms with E-state index in [9.17, 15) is 31.8 Å². The zero-order valence-corrected chi connectivity index (χ0v) is 28.0. The van der Waals surface area contributed by atoms with Crippen LogP contribution in [-0.2, 0) is 16.6 Å². The Balaban J connectivity index is 1.55. The van der Waals surface area contributed by atoms with Crippen LogP contribution in [0.25, 0.3) is 10.9 Å². The number of fused-ring (bicyclic) bond motifs is 1. The third-order valence-corrected chi connectivity index (χ3v) is 10.8. The molecule has 1 aliphatic carbocycles. The van der Waals surface area contributed by atoms with Crippen LogP contribution in [0.2, 0.25) is 0 Å². The molecule has 47 heavy (non-hydrogen) atoms. The number of ether oxygens (including phenoxy) is 1. The van der Waals surface area contributed by atoms with E-state index in [0.717, 1.165) is 35.7 Å². The Morgan fingerprint density at radius 2 is 1.74 bits per heavy atom. The maximum atomic E-state index is 13.7. The lowest BCUT2D eigenvalue weighted by Gasteiger charge is -2.42. The molecule has 0 bridgehead atoms. The third kappa shape index (κ3) is 8.71. The topological polar surface area (TPSA) is 119 Å². The van der Waals surface area contributed by atoms with Gasteiger partial charge >= 0.3 is 6.18 Å². The Hall–Kier alpha value is -3.48. The van der Waals surface area contributed by atoms with Gasteiger partial charge in [0, 0.05) is 41.8 Å². The van der Waals surface area contributed by atoms with Crippen LogP contribution < -0.4 is 15.4 Å². The molecular weight excluding hydrogens is 635 g/mol. The highest BCUT2D eigenvalue weighted by atomic mass is 32.2. The summed E-state index contributed by atoms with van der Waals surface area (Å²) in [5.74, 6) is 5.99. The van der Waals surface area contributed by atoms with Crippen molar-refractivity contribution < 1.29 is 36.5 Å². The fraction of sp³-hybridized carbons (Fsp3) is 0.515. The number of nitrogens with zero attached hydrogens (tertiary/aromatic N) is 3. The van der Waals surface area contributed by atoms with Crippen LogP contribution in [0.15, 0.2) is 47.4 Å². The number of methoxy groups -OCH3 is 1. The summed E-state index contributed by atoms with van der Waals surface area (Å²) in [5, 5.41) is 25.8. The highest BCUT2D eigenvalue weighted by molar-refractivity contribution is 7.89. The van der Waals surface area contributed by atoms with Crippen molar-refractivity contribution in [2.45, 2.75) is 61.8 Å². The highest BCUT2D eigenvalue weighted by Crippen LogP contribution is 2.36. The van der Waals surface area contributed by atoms with E-state index in [2.05, 4.69) is 48.4 Å². The fourth-order valence-corrected chi connectivity index (χ4v) is 7.33. The van der Waals surface area contributed by atoms with Crippen molar-refractivity contribution in [3.05, 3.63) is 48.2 Å². The number of anilines is 2. The summed E-state index contributed by atoms with van der Waals surface area (Å²) in [6, 6.07) is 11.4. The number of aliphatic hydroxyl groups is 2. The first kappa shape index (κ1) is 36.4. The zero-order valence-electron chi connectivity index (χ0n) is 27.2. The van der Waals surface area contributed by atoms with E-state index in [4.69, 9.17) is 4.74 Å². The van der Waals surface area contributed by atoms with E-state index in [0.29, 0.717) is 16.6 Å². The summed E-state index contributed by atoms with van der Waals surface area (Å²) in [4.78, 5) is 2.17. The molecule has 0 saturated heterocycles. The molecule has 2 aromatic carbocycles. The molecule has 0 spiro atoms. The molecule has 14 heteroatoms. The summed E-state index contributed by atoms with van der Waals surface area (Å²) in [7, 11) is 1.53. The van der Waals surface area contributed by atoms with Gasteiger partial charge in [0.25, 0.3) is 0 Å². The summed E-state index contributed by atoms with van der Waals surface area (Å²) in [6.45, 7) is -0.0766. The minimum atomic E-state index is -4.45. The predicted molar refractivity (Wildman–Crippen MR) is 177 cm³/mol. The van der Waals surface area contributed by atoms with E-state index >= 15 is 0 Å². The van der Waals surface area contributed by atoms with Crippen molar-refractivity contribution in [2.24, 2.45) is 0 Å². The second-order valence-electron chi connectivity index (χ2n) is 12.1. The number of nitrogens with one attached hydrogen (secondary N) is 2. The fourth-order valence-electron chi connectivity index (χ4n) is 5.89. The molecule has 258 valence electrons. The summed E-state index contributed by atoms with van der Waals surface area (Å²) in [5.41, 5.74) is 1.99. The van der Waals surface area contributed by atoms with Gasteiger partial charge in [0.15, 0.2) is 0 Å². The van der Waals surface area contributed by atoms with E-state index in [1.807, 2.05) is 6.07 Å². The average molecular weight is 680 g/mol. The highest BCUT2D eigenvalue weighted by Gasteiger charge is 2.33. The van der Waals surface area contributed by atoms with E-state index in [1.54, 1.807) is 18.2 Å². The molecule has 1 aliphatic rings. The molecule has 3 aromatic rings. The summed E-state index contributed by atoms with van der Waals surface area (Å²) >= 11 is 0. The first-order valence-corrected chi connectivity index (χ1v) is 16.9. The van der Waals surface area contributed by atoms with Crippen LogP contribution in [0, 0.1) is 11.8 Å². The molecule has 1 fully saturated rings. The third-order valence-electron chi connectivity index (χ3n) is 8.88.